The fraction of sp³-hybridized carbons (Fsp3) is 0.500. The summed E-state index contributed by atoms with van der Waals surface area (Å²) in [5, 5.41) is 9.37. The summed E-state index contributed by atoms with van der Waals surface area (Å²) < 4.78 is 5.53. The monoisotopic (exact) mass is 249 g/mol. The Morgan fingerprint density at radius 1 is 1.50 bits per heavy atom. The molecule has 1 atom stereocenters. The van der Waals surface area contributed by atoms with Gasteiger partial charge in [-0.05, 0) is 31.9 Å². The van der Waals surface area contributed by atoms with Gasteiger partial charge in [-0.15, -0.1) is 0 Å². The summed E-state index contributed by atoms with van der Waals surface area (Å²) in [7, 11) is 0. The highest BCUT2D eigenvalue weighted by Crippen LogP contribution is 2.19. The molecule has 4 heteroatoms. The van der Waals surface area contributed by atoms with Crippen molar-refractivity contribution in [2.24, 2.45) is 0 Å². The molecule has 4 nitrogen and oxygen atoms in total. The summed E-state index contributed by atoms with van der Waals surface area (Å²) in [6, 6.07) is 5.88. The lowest BCUT2D eigenvalue weighted by molar-refractivity contribution is -0.132. The van der Waals surface area contributed by atoms with Crippen LogP contribution in [-0.2, 0) is 4.79 Å². The number of carbonyl (C=O) groups excluding carboxylic acids is 1. The van der Waals surface area contributed by atoms with Crippen molar-refractivity contribution >= 4 is 5.91 Å². The van der Waals surface area contributed by atoms with Crippen LogP contribution in [0.15, 0.2) is 18.2 Å². The molecule has 1 amide bonds. The van der Waals surface area contributed by atoms with Crippen molar-refractivity contribution in [1.82, 2.24) is 4.90 Å². The topological polar surface area (TPSA) is 49.8 Å². The Balaban J connectivity index is 1.89. The smallest absolute Gasteiger partial charge is 0.260 e. The van der Waals surface area contributed by atoms with E-state index in [-0.39, 0.29) is 18.6 Å². The highest BCUT2D eigenvalue weighted by atomic mass is 16.5. The van der Waals surface area contributed by atoms with Gasteiger partial charge in [0, 0.05) is 13.1 Å². The Labute approximate surface area is 107 Å². The van der Waals surface area contributed by atoms with Crippen LogP contribution in [-0.4, -0.2) is 41.7 Å². The molecule has 1 saturated heterocycles. The summed E-state index contributed by atoms with van der Waals surface area (Å²) in [4.78, 5) is 13.5. The van der Waals surface area contributed by atoms with Crippen LogP contribution in [0, 0.1) is 13.8 Å². The lowest BCUT2D eigenvalue weighted by Gasteiger charge is -2.16. The summed E-state index contributed by atoms with van der Waals surface area (Å²) in [5.74, 6) is 0.681. The molecular weight excluding hydrogens is 230 g/mol. The molecule has 1 N–H and O–H groups in total. The summed E-state index contributed by atoms with van der Waals surface area (Å²) in [6.45, 7) is 5.07. The molecule has 1 aliphatic rings. The Morgan fingerprint density at radius 2 is 2.28 bits per heavy atom. The van der Waals surface area contributed by atoms with Crippen LogP contribution in [0.2, 0.25) is 0 Å². The number of benzene rings is 1. The highest BCUT2D eigenvalue weighted by molar-refractivity contribution is 5.78. The highest BCUT2D eigenvalue weighted by Gasteiger charge is 2.24. The first-order valence-electron chi connectivity index (χ1n) is 6.22. The number of rotatable bonds is 3. The van der Waals surface area contributed by atoms with Gasteiger partial charge in [-0.25, -0.2) is 0 Å². The number of hydrogen-bond donors (Lipinski definition) is 1. The fourth-order valence-corrected chi connectivity index (χ4v) is 2.16. The molecule has 1 fully saturated rings. The van der Waals surface area contributed by atoms with E-state index in [2.05, 4.69) is 0 Å². The SMILES string of the molecule is Cc1ccc(OCC(=O)N2CC[C@@H](O)C2)c(C)c1. The zero-order valence-electron chi connectivity index (χ0n) is 10.8. The number of aliphatic hydroxyl groups excluding tert-OH is 1. The molecule has 0 saturated carbocycles. The number of ether oxygens (including phenoxy) is 1. The first-order chi connectivity index (χ1) is 8.56. The maximum absolute atomic E-state index is 11.8. The number of aliphatic hydroxyl groups is 1. The molecule has 1 aliphatic heterocycles. The predicted octanol–water partition coefficient (Wildman–Crippen LogP) is 1.28. The lowest BCUT2D eigenvalue weighted by Crippen LogP contribution is -2.33. The summed E-state index contributed by atoms with van der Waals surface area (Å²) in [6.07, 6.45) is 0.282. The van der Waals surface area contributed by atoms with Crippen molar-refractivity contribution in [2.75, 3.05) is 19.7 Å². The molecule has 1 heterocycles. The van der Waals surface area contributed by atoms with E-state index in [1.54, 1.807) is 4.90 Å². The van der Waals surface area contributed by atoms with E-state index in [4.69, 9.17) is 4.74 Å². The number of carbonyl (C=O) groups is 1. The number of likely N-dealkylation sites (tertiary alicyclic amines) is 1. The Hall–Kier alpha value is -1.55. The van der Waals surface area contributed by atoms with E-state index in [9.17, 15) is 9.90 Å². The molecule has 1 aromatic rings. The molecule has 0 bridgehead atoms. The minimum atomic E-state index is -0.380. The van der Waals surface area contributed by atoms with Crippen LogP contribution in [0.3, 0.4) is 0 Å². The van der Waals surface area contributed by atoms with Crippen molar-refractivity contribution in [3.8, 4) is 5.75 Å². The number of aryl methyl sites for hydroxylation is 2. The van der Waals surface area contributed by atoms with Crippen molar-refractivity contribution in [3.05, 3.63) is 29.3 Å². The Kier molecular flexibility index (Phi) is 3.87. The normalized spacial score (nSPS) is 19.1. The van der Waals surface area contributed by atoms with Gasteiger partial charge >= 0.3 is 0 Å². The van der Waals surface area contributed by atoms with Gasteiger partial charge in [-0.2, -0.15) is 0 Å². The number of nitrogens with zero attached hydrogens (tertiary/aromatic N) is 1. The van der Waals surface area contributed by atoms with Crippen molar-refractivity contribution in [3.63, 3.8) is 0 Å². The molecule has 0 aliphatic carbocycles. The van der Waals surface area contributed by atoms with Crippen LogP contribution in [0.5, 0.6) is 5.75 Å². The third-order valence-electron chi connectivity index (χ3n) is 3.20. The third kappa shape index (κ3) is 3.01. The summed E-state index contributed by atoms with van der Waals surface area (Å²) >= 11 is 0. The van der Waals surface area contributed by atoms with Crippen LogP contribution < -0.4 is 4.74 Å². The number of hydrogen-bond acceptors (Lipinski definition) is 3. The summed E-state index contributed by atoms with van der Waals surface area (Å²) in [5.41, 5.74) is 2.21. The molecule has 18 heavy (non-hydrogen) atoms. The Bertz CT molecular complexity index is 445. The quantitative estimate of drug-likeness (QED) is 0.877. The van der Waals surface area contributed by atoms with Crippen LogP contribution in [0.25, 0.3) is 0 Å². The van der Waals surface area contributed by atoms with Gasteiger partial charge in [0.25, 0.3) is 5.91 Å². The molecule has 0 radical (unpaired) electrons. The molecule has 0 aromatic heterocycles. The minimum Gasteiger partial charge on any atom is -0.484 e. The van der Waals surface area contributed by atoms with Gasteiger partial charge in [-0.1, -0.05) is 17.7 Å². The lowest BCUT2D eigenvalue weighted by atomic mass is 10.1. The maximum atomic E-state index is 11.8. The molecule has 1 aromatic carbocycles. The van der Waals surface area contributed by atoms with Crippen molar-refractivity contribution in [2.45, 2.75) is 26.4 Å². The predicted molar refractivity (Wildman–Crippen MR) is 68.6 cm³/mol. The van der Waals surface area contributed by atoms with Gasteiger partial charge in [0.1, 0.15) is 5.75 Å². The average molecular weight is 249 g/mol. The molecule has 98 valence electrons. The maximum Gasteiger partial charge on any atom is 0.260 e. The molecule has 0 unspecified atom stereocenters. The second kappa shape index (κ2) is 5.40. The molecule has 0 spiro atoms. The largest absolute Gasteiger partial charge is 0.484 e. The van der Waals surface area contributed by atoms with Gasteiger partial charge in [0.05, 0.1) is 6.10 Å². The zero-order chi connectivity index (χ0) is 13.1. The first kappa shape index (κ1) is 12.9. The molecular formula is C14H19NO3. The van der Waals surface area contributed by atoms with E-state index in [0.29, 0.717) is 19.5 Å². The van der Waals surface area contributed by atoms with Crippen LogP contribution in [0.4, 0.5) is 0 Å². The van der Waals surface area contributed by atoms with Gasteiger partial charge in [0.15, 0.2) is 6.61 Å². The Morgan fingerprint density at radius 3 is 2.89 bits per heavy atom. The van der Waals surface area contributed by atoms with E-state index in [1.807, 2.05) is 32.0 Å². The van der Waals surface area contributed by atoms with E-state index in [0.717, 1.165) is 11.3 Å². The standard InChI is InChI=1S/C14H19NO3/c1-10-3-4-13(11(2)7-10)18-9-14(17)15-6-5-12(16)8-15/h3-4,7,12,16H,5-6,8-9H2,1-2H3/t12-/m1/s1. The second-order valence-corrected chi connectivity index (χ2v) is 4.84. The number of β-amino-alcohol motifs (C(OH)–C–C–N with tert-alkyl or cyclic N) is 1. The van der Waals surface area contributed by atoms with Crippen LogP contribution >= 0.6 is 0 Å². The van der Waals surface area contributed by atoms with Gasteiger partial charge in [-0.3, -0.25) is 4.79 Å². The average Bonchev–Trinajstić information content (AvgIpc) is 2.74. The van der Waals surface area contributed by atoms with Gasteiger partial charge < -0.3 is 14.7 Å². The zero-order valence-corrected chi connectivity index (χ0v) is 10.8. The van der Waals surface area contributed by atoms with E-state index in [1.165, 1.54) is 5.56 Å². The van der Waals surface area contributed by atoms with Crippen LogP contribution in [0.1, 0.15) is 17.5 Å². The first-order valence-corrected chi connectivity index (χ1v) is 6.22. The van der Waals surface area contributed by atoms with E-state index >= 15 is 0 Å². The molecule has 2 rings (SSSR count). The fourth-order valence-electron chi connectivity index (χ4n) is 2.16. The minimum absolute atomic E-state index is 0.0383. The number of amides is 1. The van der Waals surface area contributed by atoms with Crippen molar-refractivity contribution < 1.29 is 14.6 Å². The second-order valence-electron chi connectivity index (χ2n) is 4.84. The van der Waals surface area contributed by atoms with E-state index < -0.39 is 0 Å². The van der Waals surface area contributed by atoms with Crippen molar-refractivity contribution in [1.29, 1.82) is 0 Å². The van der Waals surface area contributed by atoms with Gasteiger partial charge in [0.2, 0.25) is 0 Å². The third-order valence-corrected chi connectivity index (χ3v) is 3.20.